The predicted molar refractivity (Wildman–Crippen MR) is 91.8 cm³/mol. The second-order valence-corrected chi connectivity index (χ2v) is 7.40. The van der Waals surface area contributed by atoms with Crippen LogP contribution in [-0.2, 0) is 11.3 Å². The van der Waals surface area contributed by atoms with Crippen molar-refractivity contribution in [1.29, 1.82) is 5.26 Å². The van der Waals surface area contributed by atoms with E-state index in [0.29, 0.717) is 18.1 Å². The second-order valence-electron chi connectivity index (χ2n) is 6.55. The summed E-state index contributed by atoms with van der Waals surface area (Å²) in [6, 6.07) is 8.19. The zero-order valence-corrected chi connectivity index (χ0v) is 14.8. The van der Waals surface area contributed by atoms with Crippen LogP contribution in [0.25, 0.3) is 0 Å². The summed E-state index contributed by atoms with van der Waals surface area (Å²) in [5.41, 5.74) is 1.81. The van der Waals surface area contributed by atoms with E-state index in [1.807, 2.05) is 18.2 Å². The molecule has 3 unspecified atom stereocenters. The lowest BCUT2D eigenvalue weighted by Crippen LogP contribution is -2.52. The Morgan fingerprint density at radius 1 is 1.35 bits per heavy atom. The first kappa shape index (κ1) is 16.9. The van der Waals surface area contributed by atoms with E-state index in [1.165, 1.54) is 6.42 Å². The van der Waals surface area contributed by atoms with Crippen LogP contribution in [0.15, 0.2) is 22.7 Å². The van der Waals surface area contributed by atoms with E-state index in [-0.39, 0.29) is 12.1 Å². The lowest BCUT2D eigenvalue weighted by Gasteiger charge is -2.43. The zero-order valence-electron chi connectivity index (χ0n) is 13.2. The molecule has 1 saturated heterocycles. The molecule has 0 aromatic heterocycles. The number of hydrogen-bond acceptors (Lipinski definition) is 4. The van der Waals surface area contributed by atoms with Gasteiger partial charge in [-0.15, -0.1) is 0 Å². The molecule has 1 saturated carbocycles. The SMILES string of the molecule is N#Cc1ccc(Br)c(CN2CCOCC2C2CCCCC2O)c1. The number of nitrogens with zero attached hydrogens (tertiary/aromatic N) is 2. The number of halogens is 1. The van der Waals surface area contributed by atoms with Crippen LogP contribution in [0.4, 0.5) is 0 Å². The van der Waals surface area contributed by atoms with Gasteiger partial charge in [-0.2, -0.15) is 5.26 Å². The molecule has 1 N–H and O–H groups in total. The third kappa shape index (κ3) is 3.95. The van der Waals surface area contributed by atoms with Crippen molar-refractivity contribution >= 4 is 15.9 Å². The number of aliphatic hydroxyl groups is 1. The molecule has 1 heterocycles. The molecule has 3 rings (SSSR count). The van der Waals surface area contributed by atoms with Gasteiger partial charge in [0, 0.05) is 29.5 Å². The van der Waals surface area contributed by atoms with Gasteiger partial charge in [0.15, 0.2) is 0 Å². The number of rotatable bonds is 3. The van der Waals surface area contributed by atoms with E-state index in [0.717, 1.165) is 49.0 Å². The van der Waals surface area contributed by atoms with Gasteiger partial charge in [-0.05, 0) is 36.6 Å². The minimum atomic E-state index is -0.216. The molecular weight excluding hydrogens is 356 g/mol. The Hall–Kier alpha value is -0.930. The Bertz CT molecular complexity index is 587. The fourth-order valence-electron chi connectivity index (χ4n) is 3.82. The highest BCUT2D eigenvalue weighted by Crippen LogP contribution is 2.32. The fourth-order valence-corrected chi connectivity index (χ4v) is 4.19. The van der Waals surface area contributed by atoms with Crippen molar-refractivity contribution < 1.29 is 9.84 Å². The average Bonchev–Trinajstić information content (AvgIpc) is 2.58. The van der Waals surface area contributed by atoms with E-state index >= 15 is 0 Å². The average molecular weight is 379 g/mol. The monoisotopic (exact) mass is 378 g/mol. The first-order chi connectivity index (χ1) is 11.2. The molecule has 0 amide bonds. The summed E-state index contributed by atoms with van der Waals surface area (Å²) < 4.78 is 6.74. The van der Waals surface area contributed by atoms with Crippen LogP contribution < -0.4 is 0 Å². The van der Waals surface area contributed by atoms with Gasteiger partial charge in [-0.25, -0.2) is 0 Å². The molecule has 0 radical (unpaired) electrons. The van der Waals surface area contributed by atoms with Crippen molar-refractivity contribution in [3.05, 3.63) is 33.8 Å². The van der Waals surface area contributed by atoms with Crippen molar-refractivity contribution in [3.8, 4) is 6.07 Å². The molecule has 3 atom stereocenters. The van der Waals surface area contributed by atoms with E-state index in [1.54, 1.807) is 0 Å². The molecule has 23 heavy (non-hydrogen) atoms. The third-order valence-corrected chi connectivity index (χ3v) is 5.88. The van der Waals surface area contributed by atoms with E-state index < -0.39 is 0 Å². The van der Waals surface area contributed by atoms with Gasteiger partial charge in [-0.3, -0.25) is 4.90 Å². The molecule has 1 aliphatic carbocycles. The molecule has 1 aromatic rings. The Balaban J connectivity index is 1.78. The largest absolute Gasteiger partial charge is 0.393 e. The Labute approximate surface area is 146 Å². The summed E-state index contributed by atoms with van der Waals surface area (Å²) in [6.07, 6.45) is 4.08. The summed E-state index contributed by atoms with van der Waals surface area (Å²) >= 11 is 3.60. The fraction of sp³-hybridized carbons (Fsp3) is 0.611. The minimum Gasteiger partial charge on any atom is -0.393 e. The van der Waals surface area contributed by atoms with Gasteiger partial charge in [0.25, 0.3) is 0 Å². The molecular formula is C18H23BrN2O2. The first-order valence-corrected chi connectivity index (χ1v) is 9.16. The van der Waals surface area contributed by atoms with Crippen molar-refractivity contribution in [2.24, 2.45) is 5.92 Å². The maximum Gasteiger partial charge on any atom is 0.0991 e. The molecule has 1 aromatic carbocycles. The van der Waals surface area contributed by atoms with E-state index in [9.17, 15) is 5.11 Å². The smallest absolute Gasteiger partial charge is 0.0991 e. The Kier molecular flexibility index (Phi) is 5.71. The summed E-state index contributed by atoms with van der Waals surface area (Å²) in [4.78, 5) is 2.42. The Morgan fingerprint density at radius 2 is 2.17 bits per heavy atom. The summed E-state index contributed by atoms with van der Waals surface area (Å²) in [5, 5.41) is 19.5. The first-order valence-electron chi connectivity index (χ1n) is 8.37. The highest BCUT2D eigenvalue weighted by Gasteiger charge is 2.36. The van der Waals surface area contributed by atoms with Gasteiger partial charge in [0.1, 0.15) is 0 Å². The second kappa shape index (κ2) is 7.76. The maximum atomic E-state index is 10.4. The predicted octanol–water partition coefficient (Wildman–Crippen LogP) is 3.07. The van der Waals surface area contributed by atoms with E-state index in [4.69, 9.17) is 10.00 Å². The third-order valence-electron chi connectivity index (χ3n) is 5.10. The molecule has 2 fully saturated rings. The van der Waals surface area contributed by atoms with E-state index in [2.05, 4.69) is 26.9 Å². The molecule has 4 nitrogen and oxygen atoms in total. The molecule has 5 heteroatoms. The van der Waals surface area contributed by atoms with Crippen LogP contribution in [0.3, 0.4) is 0 Å². The highest BCUT2D eigenvalue weighted by atomic mass is 79.9. The summed E-state index contributed by atoms with van der Waals surface area (Å²) in [6.45, 7) is 3.08. The quantitative estimate of drug-likeness (QED) is 0.877. The number of benzene rings is 1. The molecule has 0 bridgehead atoms. The van der Waals surface area contributed by atoms with Crippen LogP contribution in [0.1, 0.15) is 36.8 Å². The van der Waals surface area contributed by atoms with Crippen molar-refractivity contribution in [3.63, 3.8) is 0 Å². The van der Waals surface area contributed by atoms with Crippen molar-refractivity contribution in [1.82, 2.24) is 4.90 Å². The topological polar surface area (TPSA) is 56.5 Å². The number of ether oxygens (including phenoxy) is 1. The Morgan fingerprint density at radius 3 is 2.96 bits per heavy atom. The number of aliphatic hydroxyl groups excluding tert-OH is 1. The standard InChI is InChI=1S/C18H23BrN2O2/c19-16-6-5-13(10-20)9-14(16)11-21-7-8-23-12-17(21)15-3-1-2-4-18(15)22/h5-6,9,15,17-18,22H,1-4,7-8,11-12H2. The van der Waals surface area contributed by atoms with Gasteiger partial charge in [-0.1, -0.05) is 28.8 Å². The molecule has 124 valence electrons. The number of nitriles is 1. The van der Waals surface area contributed by atoms with Crippen LogP contribution in [0, 0.1) is 17.2 Å². The number of hydrogen-bond donors (Lipinski definition) is 1. The normalized spacial score (nSPS) is 29.2. The summed E-state index contributed by atoms with van der Waals surface area (Å²) in [5.74, 6) is 0.293. The lowest BCUT2D eigenvalue weighted by molar-refractivity contribution is -0.0715. The summed E-state index contributed by atoms with van der Waals surface area (Å²) in [7, 11) is 0. The van der Waals surface area contributed by atoms with Crippen LogP contribution >= 0.6 is 15.9 Å². The van der Waals surface area contributed by atoms with Crippen LogP contribution in [-0.4, -0.2) is 41.9 Å². The van der Waals surface area contributed by atoms with Gasteiger partial charge in [0.2, 0.25) is 0 Å². The maximum absolute atomic E-state index is 10.4. The molecule has 0 spiro atoms. The number of morpholine rings is 1. The van der Waals surface area contributed by atoms with Crippen molar-refractivity contribution in [2.75, 3.05) is 19.8 Å². The lowest BCUT2D eigenvalue weighted by atomic mass is 9.80. The highest BCUT2D eigenvalue weighted by molar-refractivity contribution is 9.10. The molecule has 2 aliphatic rings. The van der Waals surface area contributed by atoms with Gasteiger partial charge < -0.3 is 9.84 Å². The van der Waals surface area contributed by atoms with Gasteiger partial charge >= 0.3 is 0 Å². The van der Waals surface area contributed by atoms with Crippen LogP contribution in [0.5, 0.6) is 0 Å². The minimum absolute atomic E-state index is 0.216. The van der Waals surface area contributed by atoms with Crippen molar-refractivity contribution in [2.45, 2.75) is 44.4 Å². The van der Waals surface area contributed by atoms with Crippen LogP contribution in [0.2, 0.25) is 0 Å². The zero-order chi connectivity index (χ0) is 16.2. The molecule has 1 aliphatic heterocycles. The van der Waals surface area contributed by atoms with Gasteiger partial charge in [0.05, 0.1) is 31.0 Å².